The average Bonchev–Trinajstić information content (AvgIpc) is 2.87. The Morgan fingerprint density at radius 3 is 2.71 bits per heavy atom. The van der Waals surface area contributed by atoms with E-state index in [-0.39, 0.29) is 6.54 Å². The number of thiazole rings is 1. The number of carboxylic acids is 1. The third-order valence-corrected chi connectivity index (χ3v) is 4.48. The predicted molar refractivity (Wildman–Crippen MR) is 88.5 cm³/mol. The molecule has 0 bridgehead atoms. The standard InChI is InChI=1S/C15H17BrN2O2S/c1-2-7-18(10-14(19)20)9-13-8-17-15(21-13)11-3-5-12(16)6-4-11/h3-6,8H,2,7,9-10H2,1H3,(H,19,20). The number of carbonyl (C=O) groups is 1. The third-order valence-electron chi connectivity index (χ3n) is 2.92. The molecule has 0 aliphatic carbocycles. The van der Waals surface area contributed by atoms with E-state index in [9.17, 15) is 4.79 Å². The summed E-state index contributed by atoms with van der Waals surface area (Å²) in [6.07, 6.45) is 2.78. The Balaban J connectivity index is 2.07. The lowest BCUT2D eigenvalue weighted by Gasteiger charge is -2.17. The molecule has 0 aliphatic rings. The Labute approximate surface area is 136 Å². The van der Waals surface area contributed by atoms with E-state index in [1.54, 1.807) is 11.3 Å². The van der Waals surface area contributed by atoms with Crippen LogP contribution in [0.3, 0.4) is 0 Å². The summed E-state index contributed by atoms with van der Waals surface area (Å²) in [4.78, 5) is 18.3. The molecule has 0 saturated carbocycles. The van der Waals surface area contributed by atoms with Crippen molar-refractivity contribution < 1.29 is 9.90 Å². The predicted octanol–water partition coefficient (Wildman–Crippen LogP) is 3.87. The molecule has 2 aromatic rings. The third kappa shape index (κ3) is 4.91. The molecule has 21 heavy (non-hydrogen) atoms. The molecule has 0 amide bonds. The maximum absolute atomic E-state index is 10.9. The maximum Gasteiger partial charge on any atom is 0.317 e. The molecule has 0 aliphatic heterocycles. The van der Waals surface area contributed by atoms with Gasteiger partial charge in [0.1, 0.15) is 5.01 Å². The summed E-state index contributed by atoms with van der Waals surface area (Å²) in [6.45, 7) is 3.53. The van der Waals surface area contributed by atoms with Gasteiger partial charge in [-0.25, -0.2) is 4.98 Å². The van der Waals surface area contributed by atoms with Crippen LogP contribution in [0.4, 0.5) is 0 Å². The summed E-state index contributed by atoms with van der Waals surface area (Å²) >= 11 is 5.03. The largest absolute Gasteiger partial charge is 0.480 e. The van der Waals surface area contributed by atoms with Gasteiger partial charge in [-0.05, 0) is 25.1 Å². The molecule has 0 atom stereocenters. The van der Waals surface area contributed by atoms with Crippen molar-refractivity contribution in [1.82, 2.24) is 9.88 Å². The van der Waals surface area contributed by atoms with E-state index in [0.717, 1.165) is 32.9 Å². The Morgan fingerprint density at radius 2 is 2.10 bits per heavy atom. The van der Waals surface area contributed by atoms with Crippen LogP contribution in [0.15, 0.2) is 34.9 Å². The molecule has 0 unspecified atom stereocenters. The number of rotatable bonds is 7. The van der Waals surface area contributed by atoms with Crippen molar-refractivity contribution in [3.63, 3.8) is 0 Å². The SMILES string of the molecule is CCCN(CC(=O)O)Cc1cnc(-c2ccc(Br)cc2)s1. The minimum Gasteiger partial charge on any atom is -0.480 e. The summed E-state index contributed by atoms with van der Waals surface area (Å²) in [5.41, 5.74) is 1.08. The lowest BCUT2D eigenvalue weighted by atomic mass is 10.2. The molecule has 1 aromatic carbocycles. The van der Waals surface area contributed by atoms with Gasteiger partial charge in [0.2, 0.25) is 0 Å². The van der Waals surface area contributed by atoms with Gasteiger partial charge in [-0.3, -0.25) is 9.69 Å². The molecule has 0 saturated heterocycles. The molecular weight excluding hydrogens is 352 g/mol. The first kappa shape index (κ1) is 16.1. The summed E-state index contributed by atoms with van der Waals surface area (Å²) in [7, 11) is 0. The first-order valence-corrected chi connectivity index (χ1v) is 8.34. The monoisotopic (exact) mass is 368 g/mol. The van der Waals surface area contributed by atoms with Crippen molar-refractivity contribution in [3.05, 3.63) is 39.8 Å². The number of hydrogen-bond donors (Lipinski definition) is 1. The molecule has 6 heteroatoms. The Kier molecular flexibility index (Phi) is 5.90. The van der Waals surface area contributed by atoms with Gasteiger partial charge in [0.15, 0.2) is 0 Å². The van der Waals surface area contributed by atoms with E-state index in [1.807, 2.05) is 35.4 Å². The second-order valence-electron chi connectivity index (χ2n) is 4.74. The zero-order valence-corrected chi connectivity index (χ0v) is 14.2. The van der Waals surface area contributed by atoms with Crippen LogP contribution in [0.1, 0.15) is 18.2 Å². The van der Waals surface area contributed by atoms with E-state index >= 15 is 0 Å². The van der Waals surface area contributed by atoms with Gasteiger partial charge in [-0.1, -0.05) is 35.0 Å². The smallest absolute Gasteiger partial charge is 0.317 e. The van der Waals surface area contributed by atoms with Crippen LogP contribution in [-0.4, -0.2) is 34.0 Å². The summed E-state index contributed by atoms with van der Waals surface area (Å²) < 4.78 is 1.04. The van der Waals surface area contributed by atoms with Crippen molar-refractivity contribution >= 4 is 33.2 Å². The van der Waals surface area contributed by atoms with E-state index < -0.39 is 5.97 Å². The number of aliphatic carboxylic acids is 1. The van der Waals surface area contributed by atoms with Crippen molar-refractivity contribution in [2.24, 2.45) is 0 Å². The molecule has 1 heterocycles. The highest BCUT2D eigenvalue weighted by Crippen LogP contribution is 2.27. The van der Waals surface area contributed by atoms with E-state index in [4.69, 9.17) is 5.11 Å². The van der Waals surface area contributed by atoms with Crippen LogP contribution in [0, 0.1) is 0 Å². The number of halogens is 1. The average molecular weight is 369 g/mol. The molecule has 1 N–H and O–H groups in total. The van der Waals surface area contributed by atoms with E-state index in [1.165, 1.54) is 0 Å². The first-order valence-electron chi connectivity index (χ1n) is 6.73. The van der Waals surface area contributed by atoms with Crippen LogP contribution in [0.5, 0.6) is 0 Å². The number of carboxylic acid groups (broad SMARTS) is 1. The highest BCUT2D eigenvalue weighted by atomic mass is 79.9. The fourth-order valence-corrected chi connectivity index (χ4v) is 3.27. The Hall–Kier alpha value is -1.24. The molecule has 1 aromatic heterocycles. The van der Waals surface area contributed by atoms with Gasteiger partial charge in [0.05, 0.1) is 6.54 Å². The highest BCUT2D eigenvalue weighted by Gasteiger charge is 2.12. The van der Waals surface area contributed by atoms with Crippen LogP contribution >= 0.6 is 27.3 Å². The van der Waals surface area contributed by atoms with Crippen LogP contribution < -0.4 is 0 Å². The van der Waals surface area contributed by atoms with Crippen LogP contribution in [-0.2, 0) is 11.3 Å². The fourth-order valence-electron chi connectivity index (χ4n) is 2.05. The van der Waals surface area contributed by atoms with Crippen molar-refractivity contribution in [2.75, 3.05) is 13.1 Å². The molecule has 0 fully saturated rings. The Bertz CT molecular complexity index is 598. The van der Waals surface area contributed by atoms with Gasteiger partial charge in [0.25, 0.3) is 0 Å². The van der Waals surface area contributed by atoms with Crippen molar-refractivity contribution in [1.29, 1.82) is 0 Å². The number of benzene rings is 1. The summed E-state index contributed by atoms with van der Waals surface area (Å²) in [5.74, 6) is -0.791. The zero-order chi connectivity index (χ0) is 15.2. The van der Waals surface area contributed by atoms with Crippen LogP contribution in [0.2, 0.25) is 0 Å². The lowest BCUT2D eigenvalue weighted by molar-refractivity contribution is -0.138. The van der Waals surface area contributed by atoms with Gasteiger partial charge >= 0.3 is 5.97 Å². The molecule has 0 spiro atoms. The Morgan fingerprint density at radius 1 is 1.38 bits per heavy atom. The van der Waals surface area contributed by atoms with Crippen molar-refractivity contribution in [3.8, 4) is 10.6 Å². The number of aromatic nitrogens is 1. The second kappa shape index (κ2) is 7.68. The lowest BCUT2D eigenvalue weighted by Crippen LogP contribution is -2.29. The molecule has 2 rings (SSSR count). The quantitative estimate of drug-likeness (QED) is 0.805. The van der Waals surface area contributed by atoms with Gasteiger partial charge in [-0.2, -0.15) is 0 Å². The van der Waals surface area contributed by atoms with E-state index in [2.05, 4.69) is 27.8 Å². The second-order valence-corrected chi connectivity index (χ2v) is 6.77. The van der Waals surface area contributed by atoms with Gasteiger partial charge in [0, 0.05) is 27.7 Å². The number of nitrogens with zero attached hydrogens (tertiary/aromatic N) is 2. The molecule has 4 nitrogen and oxygen atoms in total. The van der Waals surface area contributed by atoms with Crippen molar-refractivity contribution in [2.45, 2.75) is 19.9 Å². The highest BCUT2D eigenvalue weighted by molar-refractivity contribution is 9.10. The normalized spacial score (nSPS) is 11.0. The zero-order valence-electron chi connectivity index (χ0n) is 11.8. The van der Waals surface area contributed by atoms with E-state index in [0.29, 0.717) is 6.54 Å². The molecular formula is C15H17BrN2O2S. The molecule has 0 radical (unpaired) electrons. The summed E-state index contributed by atoms with van der Waals surface area (Å²) in [5, 5.41) is 9.90. The van der Waals surface area contributed by atoms with Crippen LogP contribution in [0.25, 0.3) is 10.6 Å². The minimum absolute atomic E-state index is 0.0688. The topological polar surface area (TPSA) is 53.4 Å². The first-order chi connectivity index (χ1) is 10.1. The van der Waals surface area contributed by atoms with Gasteiger partial charge < -0.3 is 5.11 Å². The fraction of sp³-hybridized carbons (Fsp3) is 0.333. The minimum atomic E-state index is -0.791. The summed E-state index contributed by atoms with van der Waals surface area (Å²) in [6, 6.07) is 8.02. The molecule has 112 valence electrons. The van der Waals surface area contributed by atoms with Gasteiger partial charge in [-0.15, -0.1) is 11.3 Å². The number of hydrogen-bond acceptors (Lipinski definition) is 4. The maximum atomic E-state index is 10.9.